The van der Waals surface area contributed by atoms with Crippen molar-refractivity contribution in [2.75, 3.05) is 13.2 Å². The second-order valence-electron chi connectivity index (χ2n) is 20.6. The van der Waals surface area contributed by atoms with Crippen molar-refractivity contribution in [3.05, 3.63) is 146 Å². The average molecular weight is 1080 g/mol. The van der Waals surface area contributed by atoms with E-state index in [4.69, 9.17) is 14.2 Å². The van der Waals surface area contributed by atoms with Gasteiger partial charge < -0.3 is 14.2 Å². The summed E-state index contributed by atoms with van der Waals surface area (Å²) in [7, 11) is 0. The number of rotatable bonds is 56. The highest BCUT2D eigenvalue weighted by Gasteiger charge is 2.19. The summed E-state index contributed by atoms with van der Waals surface area (Å²) in [6, 6.07) is 0. The summed E-state index contributed by atoms with van der Waals surface area (Å²) in [4.78, 5) is 38.2. The lowest BCUT2D eigenvalue weighted by Crippen LogP contribution is -2.30. The number of esters is 3. The van der Waals surface area contributed by atoms with E-state index in [2.05, 4.69) is 161 Å². The molecule has 0 aliphatic carbocycles. The minimum Gasteiger partial charge on any atom is -0.462 e. The van der Waals surface area contributed by atoms with Gasteiger partial charge in [0.2, 0.25) is 0 Å². The van der Waals surface area contributed by atoms with Crippen molar-refractivity contribution in [2.24, 2.45) is 0 Å². The van der Waals surface area contributed by atoms with Gasteiger partial charge in [-0.1, -0.05) is 289 Å². The topological polar surface area (TPSA) is 78.9 Å². The van der Waals surface area contributed by atoms with Crippen LogP contribution >= 0.6 is 0 Å². The van der Waals surface area contributed by atoms with Gasteiger partial charge in [0, 0.05) is 19.3 Å². The molecule has 0 rings (SSSR count). The molecule has 0 spiro atoms. The van der Waals surface area contributed by atoms with Crippen molar-refractivity contribution in [1.29, 1.82) is 0 Å². The summed E-state index contributed by atoms with van der Waals surface area (Å²) in [5.74, 6) is -1.02. The van der Waals surface area contributed by atoms with Gasteiger partial charge in [0.25, 0.3) is 0 Å². The Kier molecular flexibility index (Phi) is 60.9. The van der Waals surface area contributed by atoms with Crippen LogP contribution in [0.3, 0.4) is 0 Å². The lowest BCUT2D eigenvalue weighted by molar-refractivity contribution is -0.166. The zero-order chi connectivity index (χ0) is 56.4. The van der Waals surface area contributed by atoms with Gasteiger partial charge >= 0.3 is 17.9 Å². The molecule has 0 N–H and O–H groups in total. The van der Waals surface area contributed by atoms with Crippen molar-refractivity contribution < 1.29 is 28.6 Å². The normalized spacial score (nSPS) is 13.1. The fourth-order valence-electron chi connectivity index (χ4n) is 8.41. The van der Waals surface area contributed by atoms with E-state index in [9.17, 15) is 14.4 Å². The molecule has 0 aliphatic rings. The minimum absolute atomic E-state index is 0.117. The Balaban J connectivity index is 4.42. The Bertz CT molecular complexity index is 1710. The van der Waals surface area contributed by atoms with Crippen LogP contribution in [0.25, 0.3) is 0 Å². The maximum Gasteiger partial charge on any atom is 0.306 e. The number of carbonyl (C=O) groups is 3. The fourth-order valence-corrected chi connectivity index (χ4v) is 8.41. The van der Waals surface area contributed by atoms with Crippen LogP contribution < -0.4 is 0 Å². The smallest absolute Gasteiger partial charge is 0.306 e. The summed E-state index contributed by atoms with van der Waals surface area (Å²) >= 11 is 0. The Labute approximate surface area is 480 Å². The molecule has 0 saturated carbocycles. The van der Waals surface area contributed by atoms with E-state index in [1.807, 2.05) is 6.08 Å². The maximum absolute atomic E-state index is 12.9. The number of carbonyl (C=O) groups excluding carboxylic acids is 3. The van der Waals surface area contributed by atoms with E-state index in [0.29, 0.717) is 19.3 Å². The molecular formula is C72H116O6. The lowest BCUT2D eigenvalue weighted by atomic mass is 10.0. The molecule has 0 amide bonds. The van der Waals surface area contributed by atoms with Crippen molar-refractivity contribution in [3.8, 4) is 0 Å². The quantitative estimate of drug-likeness (QED) is 0.0261. The van der Waals surface area contributed by atoms with Gasteiger partial charge in [-0.25, -0.2) is 0 Å². The van der Waals surface area contributed by atoms with Crippen molar-refractivity contribution in [3.63, 3.8) is 0 Å². The molecule has 1 unspecified atom stereocenters. The van der Waals surface area contributed by atoms with Crippen molar-refractivity contribution >= 4 is 17.9 Å². The van der Waals surface area contributed by atoms with Crippen LogP contribution in [0.15, 0.2) is 146 Å². The van der Waals surface area contributed by atoms with Crippen LogP contribution in [0.5, 0.6) is 0 Å². The first kappa shape index (κ1) is 73.3. The van der Waals surface area contributed by atoms with E-state index in [1.165, 1.54) is 96.3 Å². The van der Waals surface area contributed by atoms with Crippen LogP contribution in [0, 0.1) is 0 Å². The maximum atomic E-state index is 12.9. The number of ether oxygens (including phenoxy) is 3. The number of hydrogen-bond acceptors (Lipinski definition) is 6. The molecular weight excluding hydrogens is 961 g/mol. The van der Waals surface area contributed by atoms with Crippen LogP contribution in [-0.4, -0.2) is 37.2 Å². The van der Waals surface area contributed by atoms with Gasteiger partial charge in [0.15, 0.2) is 6.10 Å². The minimum atomic E-state index is -0.823. The Hall–Kier alpha value is -4.71. The molecule has 78 heavy (non-hydrogen) atoms. The van der Waals surface area contributed by atoms with Crippen LogP contribution in [0.1, 0.15) is 271 Å². The number of hydrogen-bond donors (Lipinski definition) is 0. The van der Waals surface area contributed by atoms with Crippen LogP contribution in [0.2, 0.25) is 0 Å². The summed E-state index contributed by atoms with van der Waals surface area (Å²) < 4.78 is 16.8. The largest absolute Gasteiger partial charge is 0.462 e. The molecule has 0 heterocycles. The van der Waals surface area contributed by atoms with E-state index < -0.39 is 6.10 Å². The molecule has 1 atom stereocenters. The predicted molar refractivity (Wildman–Crippen MR) is 339 cm³/mol. The van der Waals surface area contributed by atoms with Gasteiger partial charge in [0.05, 0.1) is 0 Å². The van der Waals surface area contributed by atoms with Crippen molar-refractivity contribution in [1.82, 2.24) is 0 Å². The molecule has 0 aliphatic heterocycles. The van der Waals surface area contributed by atoms with Gasteiger partial charge in [-0.15, -0.1) is 0 Å². The molecule has 0 fully saturated rings. The van der Waals surface area contributed by atoms with E-state index in [-0.39, 0.29) is 37.5 Å². The van der Waals surface area contributed by atoms with Gasteiger partial charge in [-0.05, 0) is 109 Å². The number of unbranched alkanes of at least 4 members (excludes halogenated alkanes) is 21. The van der Waals surface area contributed by atoms with E-state index >= 15 is 0 Å². The van der Waals surface area contributed by atoms with Crippen LogP contribution in [-0.2, 0) is 28.6 Å². The average Bonchev–Trinajstić information content (AvgIpc) is 3.44. The van der Waals surface area contributed by atoms with Gasteiger partial charge in [-0.3, -0.25) is 14.4 Å². The first-order chi connectivity index (χ1) is 38.5. The molecule has 440 valence electrons. The molecule has 0 bridgehead atoms. The Morgan fingerprint density at radius 1 is 0.269 bits per heavy atom. The first-order valence-electron chi connectivity index (χ1n) is 31.8. The third-order valence-corrected chi connectivity index (χ3v) is 13.1. The first-order valence-corrected chi connectivity index (χ1v) is 31.8. The van der Waals surface area contributed by atoms with E-state index in [1.54, 1.807) is 0 Å². The standard InChI is InChI=1S/C72H116O6/c1-4-7-10-13-16-19-22-25-27-29-31-32-33-34-35-36-37-38-39-40-41-43-44-47-50-53-56-59-62-65-71(74)77-68-69(67-76-70(73)64-61-58-55-52-49-46-24-21-18-15-12-9-6-3)78-72(75)66-63-60-57-54-51-48-45-42-30-28-26-23-20-17-14-11-8-5-2/h7,9-10,12,16,18-19,21,25,27,31-32,34-35,37-38,40-41,44,46-47,49,55,58,69H,4-6,8,11,13-15,17,20,22-24,26,28-30,33,36,39,42-43,45,48,50-54,56-57,59-68H2,1-3H3/b10-7-,12-9-,19-16-,21-18-,27-25-,32-31-,35-34-,38-37-,41-40-,47-44-,49-46-,58-55-. The third-order valence-electron chi connectivity index (χ3n) is 13.1. The zero-order valence-corrected chi connectivity index (χ0v) is 50.4. The summed E-state index contributed by atoms with van der Waals surface area (Å²) in [6.45, 7) is 6.33. The molecule has 6 heteroatoms. The van der Waals surface area contributed by atoms with Crippen LogP contribution in [0.4, 0.5) is 0 Å². The molecule has 0 radical (unpaired) electrons. The Morgan fingerprint density at radius 2 is 0.526 bits per heavy atom. The highest BCUT2D eigenvalue weighted by Crippen LogP contribution is 2.16. The summed E-state index contributed by atoms with van der Waals surface area (Å²) in [6.07, 6.45) is 93.0. The number of allylic oxidation sites excluding steroid dienone is 24. The van der Waals surface area contributed by atoms with Gasteiger partial charge in [-0.2, -0.15) is 0 Å². The fraction of sp³-hybridized carbons (Fsp3) is 0.625. The summed E-state index contributed by atoms with van der Waals surface area (Å²) in [5.41, 5.74) is 0. The third kappa shape index (κ3) is 62.1. The molecule has 0 aromatic heterocycles. The molecule has 0 aromatic rings. The zero-order valence-electron chi connectivity index (χ0n) is 50.4. The molecule has 0 aromatic carbocycles. The highest BCUT2D eigenvalue weighted by atomic mass is 16.6. The monoisotopic (exact) mass is 1080 g/mol. The molecule has 0 saturated heterocycles. The summed E-state index contributed by atoms with van der Waals surface area (Å²) in [5, 5.41) is 0. The second kappa shape index (κ2) is 64.8. The second-order valence-corrected chi connectivity index (χ2v) is 20.6. The van der Waals surface area contributed by atoms with Crippen molar-refractivity contribution in [2.45, 2.75) is 277 Å². The molecule has 6 nitrogen and oxygen atoms in total. The van der Waals surface area contributed by atoms with E-state index in [0.717, 1.165) is 128 Å². The predicted octanol–water partition coefficient (Wildman–Crippen LogP) is 21.9. The lowest BCUT2D eigenvalue weighted by Gasteiger charge is -2.18. The Morgan fingerprint density at radius 3 is 0.859 bits per heavy atom. The SMILES string of the molecule is CC/C=C\C/C=C\C/C=C\C/C=C\C/C=C\C/C=C\C/C=C\C/C=C\CCCCCCC(=O)OCC(COC(=O)CC/C=C\C/C=C\C/C=C\C/C=C\CC)OC(=O)CCCCCCCCCCCCCCCCCCCC. The highest BCUT2D eigenvalue weighted by molar-refractivity contribution is 5.71. The van der Waals surface area contributed by atoms with Gasteiger partial charge in [0.1, 0.15) is 13.2 Å².